The number of carbonyl (C=O) groups is 3. The molecule has 7 nitrogen and oxygen atoms in total. The van der Waals surface area contributed by atoms with Crippen LogP contribution in [0.5, 0.6) is 0 Å². The number of carbonyl (C=O) groups excluding carboxylic acids is 3. The highest BCUT2D eigenvalue weighted by molar-refractivity contribution is 6.36. The maximum absolute atomic E-state index is 13.6. The molecular formula is C28H24Cl2N2O5. The van der Waals surface area contributed by atoms with E-state index >= 15 is 0 Å². The molecule has 1 amide bonds. The van der Waals surface area contributed by atoms with E-state index < -0.39 is 23.4 Å². The molecule has 1 heterocycles. The van der Waals surface area contributed by atoms with Gasteiger partial charge < -0.3 is 20.1 Å². The van der Waals surface area contributed by atoms with Gasteiger partial charge in [-0.3, -0.25) is 4.79 Å². The molecule has 4 rings (SSSR count). The molecule has 0 radical (unpaired) electrons. The minimum atomic E-state index is -1.47. The first-order valence-corrected chi connectivity index (χ1v) is 12.2. The Bertz CT molecular complexity index is 1360. The second kappa shape index (κ2) is 11.1. The summed E-state index contributed by atoms with van der Waals surface area (Å²) < 4.78 is 10.3. The Hall–Kier alpha value is -3.81. The standard InChI is InChI=1S/C28H24Cl2N2O5/c1-3-37-27(35)28(18-9-11-20(12-10-18)31-26(34)17-7-5-4-6-8-17)21(13-14-24(33)36-2)25-22(30)15-19(29)16-23(25)32-28/h4-16,21,32H,3H2,1-2H3,(H,31,34)/b14-13-. The first-order chi connectivity index (χ1) is 17.8. The Morgan fingerprint density at radius 3 is 2.41 bits per heavy atom. The van der Waals surface area contributed by atoms with Gasteiger partial charge in [0.25, 0.3) is 5.91 Å². The first kappa shape index (κ1) is 26.3. The van der Waals surface area contributed by atoms with Crippen molar-refractivity contribution in [2.24, 2.45) is 0 Å². The quantitative estimate of drug-likeness (QED) is 0.285. The molecule has 2 atom stereocenters. The van der Waals surface area contributed by atoms with Gasteiger partial charge in [0, 0.05) is 44.5 Å². The average molecular weight is 539 g/mol. The summed E-state index contributed by atoms with van der Waals surface area (Å²) in [6.07, 6.45) is 2.81. The third-order valence-corrected chi connectivity index (χ3v) is 6.59. The topological polar surface area (TPSA) is 93.7 Å². The summed E-state index contributed by atoms with van der Waals surface area (Å²) in [6, 6.07) is 18.9. The van der Waals surface area contributed by atoms with Crippen LogP contribution in [0.25, 0.3) is 0 Å². The van der Waals surface area contributed by atoms with Gasteiger partial charge in [0.1, 0.15) is 0 Å². The second-order valence-corrected chi connectivity index (χ2v) is 9.10. The van der Waals surface area contributed by atoms with E-state index in [4.69, 9.17) is 32.7 Å². The molecule has 2 N–H and O–H groups in total. The predicted molar refractivity (Wildman–Crippen MR) is 143 cm³/mol. The molecule has 0 aliphatic carbocycles. The van der Waals surface area contributed by atoms with Gasteiger partial charge in [0.05, 0.1) is 13.7 Å². The summed E-state index contributed by atoms with van der Waals surface area (Å²) in [5.74, 6) is -2.16. The average Bonchev–Trinajstić information content (AvgIpc) is 3.23. The number of benzene rings is 3. The van der Waals surface area contributed by atoms with Crippen LogP contribution in [-0.2, 0) is 24.6 Å². The highest BCUT2D eigenvalue weighted by Gasteiger charge is 2.54. The van der Waals surface area contributed by atoms with Crippen molar-refractivity contribution in [2.75, 3.05) is 24.4 Å². The second-order valence-electron chi connectivity index (χ2n) is 8.26. The number of amides is 1. The van der Waals surface area contributed by atoms with Gasteiger partial charge in [-0.25, -0.2) is 9.59 Å². The molecule has 0 fully saturated rings. The highest BCUT2D eigenvalue weighted by atomic mass is 35.5. The number of hydrogen-bond donors (Lipinski definition) is 2. The molecule has 0 spiro atoms. The Morgan fingerprint density at radius 2 is 1.76 bits per heavy atom. The van der Waals surface area contributed by atoms with Crippen LogP contribution in [0.4, 0.5) is 11.4 Å². The van der Waals surface area contributed by atoms with Gasteiger partial charge in [-0.1, -0.05) is 59.6 Å². The number of methoxy groups -OCH3 is 1. The van der Waals surface area contributed by atoms with Crippen LogP contribution in [0, 0.1) is 0 Å². The minimum absolute atomic E-state index is 0.131. The molecule has 1 aliphatic heterocycles. The van der Waals surface area contributed by atoms with Crippen LogP contribution < -0.4 is 10.6 Å². The SMILES string of the molecule is CCOC(=O)C1(c2ccc(NC(=O)c3ccccc3)cc2)Nc2cc(Cl)cc(Cl)c2C1/C=C\C(=O)OC. The summed E-state index contributed by atoms with van der Waals surface area (Å²) >= 11 is 12.8. The summed E-state index contributed by atoms with van der Waals surface area (Å²) in [5.41, 5.74) is 1.23. The Balaban J connectivity index is 1.79. The number of anilines is 2. The van der Waals surface area contributed by atoms with Crippen molar-refractivity contribution < 1.29 is 23.9 Å². The van der Waals surface area contributed by atoms with Crippen molar-refractivity contribution in [3.63, 3.8) is 0 Å². The number of fused-ring (bicyclic) bond motifs is 1. The van der Waals surface area contributed by atoms with E-state index in [1.54, 1.807) is 73.7 Å². The predicted octanol–water partition coefficient (Wildman–Crippen LogP) is 5.94. The lowest BCUT2D eigenvalue weighted by atomic mass is 9.77. The molecule has 1 aliphatic rings. The Labute approximate surface area is 224 Å². The van der Waals surface area contributed by atoms with Gasteiger partial charge in [0.2, 0.25) is 0 Å². The summed E-state index contributed by atoms with van der Waals surface area (Å²) in [4.78, 5) is 38.2. The third-order valence-electron chi connectivity index (χ3n) is 6.06. The third kappa shape index (κ3) is 5.19. The molecule has 0 bridgehead atoms. The number of esters is 2. The van der Waals surface area contributed by atoms with Crippen LogP contribution in [0.15, 0.2) is 78.9 Å². The lowest BCUT2D eigenvalue weighted by molar-refractivity contribution is -0.149. The fourth-order valence-corrected chi connectivity index (χ4v) is 5.01. The number of halogens is 2. The van der Waals surface area contributed by atoms with Gasteiger partial charge in [0.15, 0.2) is 5.54 Å². The fourth-order valence-electron chi connectivity index (χ4n) is 4.40. The van der Waals surface area contributed by atoms with Gasteiger partial charge in [-0.2, -0.15) is 0 Å². The zero-order valence-electron chi connectivity index (χ0n) is 20.1. The number of hydrogen-bond acceptors (Lipinski definition) is 6. The van der Waals surface area contributed by atoms with Crippen molar-refractivity contribution in [1.82, 2.24) is 0 Å². The van der Waals surface area contributed by atoms with E-state index in [0.717, 1.165) is 0 Å². The molecule has 0 saturated heterocycles. The molecule has 3 aromatic carbocycles. The number of rotatable bonds is 7. The van der Waals surface area contributed by atoms with Crippen LogP contribution in [0.3, 0.4) is 0 Å². The van der Waals surface area contributed by atoms with Crippen molar-refractivity contribution in [3.05, 3.63) is 106 Å². The number of nitrogens with one attached hydrogen (secondary N) is 2. The summed E-state index contributed by atoms with van der Waals surface area (Å²) in [6.45, 7) is 1.84. The van der Waals surface area contributed by atoms with Crippen LogP contribution in [-0.4, -0.2) is 31.6 Å². The number of ether oxygens (including phenoxy) is 2. The highest BCUT2D eigenvalue weighted by Crippen LogP contribution is 2.53. The summed E-state index contributed by atoms with van der Waals surface area (Å²) in [7, 11) is 1.27. The minimum Gasteiger partial charge on any atom is -0.466 e. The van der Waals surface area contributed by atoms with Gasteiger partial charge >= 0.3 is 11.9 Å². The maximum Gasteiger partial charge on any atom is 0.337 e. The molecule has 2 unspecified atom stereocenters. The maximum atomic E-state index is 13.6. The lowest BCUT2D eigenvalue weighted by Crippen LogP contribution is -2.45. The van der Waals surface area contributed by atoms with Crippen molar-refractivity contribution >= 4 is 52.4 Å². The largest absolute Gasteiger partial charge is 0.466 e. The Kier molecular flexibility index (Phi) is 7.86. The molecular weight excluding hydrogens is 515 g/mol. The smallest absolute Gasteiger partial charge is 0.337 e. The van der Waals surface area contributed by atoms with Crippen molar-refractivity contribution in [3.8, 4) is 0 Å². The van der Waals surface area contributed by atoms with E-state index in [0.29, 0.717) is 38.1 Å². The normalized spacial score (nSPS) is 18.1. The van der Waals surface area contributed by atoms with Crippen molar-refractivity contribution in [2.45, 2.75) is 18.4 Å². The van der Waals surface area contributed by atoms with Gasteiger partial charge in [-0.05, 0) is 48.9 Å². The van der Waals surface area contributed by atoms with E-state index in [9.17, 15) is 14.4 Å². The van der Waals surface area contributed by atoms with Crippen LogP contribution >= 0.6 is 23.2 Å². The molecule has 190 valence electrons. The molecule has 0 saturated carbocycles. The molecule has 0 aromatic heterocycles. The van der Waals surface area contributed by atoms with Crippen molar-refractivity contribution in [1.29, 1.82) is 0 Å². The molecule has 9 heteroatoms. The first-order valence-electron chi connectivity index (χ1n) is 11.5. The Morgan fingerprint density at radius 1 is 1.05 bits per heavy atom. The van der Waals surface area contributed by atoms with Crippen LogP contribution in [0.2, 0.25) is 10.0 Å². The molecule has 37 heavy (non-hydrogen) atoms. The van der Waals surface area contributed by atoms with E-state index in [2.05, 4.69) is 10.6 Å². The summed E-state index contributed by atoms with van der Waals surface area (Å²) in [5, 5.41) is 6.83. The zero-order chi connectivity index (χ0) is 26.6. The van der Waals surface area contributed by atoms with E-state index in [1.807, 2.05) is 6.07 Å². The van der Waals surface area contributed by atoms with E-state index in [-0.39, 0.29) is 12.5 Å². The molecule has 3 aromatic rings. The lowest BCUT2D eigenvalue weighted by Gasteiger charge is -2.33. The van der Waals surface area contributed by atoms with Crippen LogP contribution in [0.1, 0.15) is 34.3 Å². The monoisotopic (exact) mass is 538 g/mol. The zero-order valence-corrected chi connectivity index (χ0v) is 21.6. The van der Waals surface area contributed by atoms with E-state index in [1.165, 1.54) is 13.2 Å². The fraction of sp³-hybridized carbons (Fsp3) is 0.179. The van der Waals surface area contributed by atoms with Gasteiger partial charge in [-0.15, -0.1) is 0 Å².